The fourth-order valence-corrected chi connectivity index (χ4v) is 3.12. The molecular weight excluding hydrogens is 402 g/mol. The zero-order chi connectivity index (χ0) is 21.7. The summed E-state index contributed by atoms with van der Waals surface area (Å²) in [6.07, 6.45) is -1.54. The van der Waals surface area contributed by atoms with E-state index in [0.717, 1.165) is 0 Å². The molecule has 160 valence electrons. The molecule has 0 saturated carbocycles. The molecule has 0 bridgehead atoms. The van der Waals surface area contributed by atoms with Crippen LogP contribution in [0.4, 0.5) is 14.5 Å². The number of carbonyl (C=O) groups excluding carboxylic acids is 1. The van der Waals surface area contributed by atoms with Gasteiger partial charge in [-0.1, -0.05) is 18.2 Å². The van der Waals surface area contributed by atoms with Crippen LogP contribution in [0.15, 0.2) is 48.5 Å². The van der Waals surface area contributed by atoms with Gasteiger partial charge < -0.3 is 25.0 Å². The molecule has 1 fully saturated rings. The number of aliphatic hydroxyl groups excluding tert-OH is 1. The first-order valence-electron chi connectivity index (χ1n) is 9.06. The predicted octanol–water partition coefficient (Wildman–Crippen LogP) is 2.05. The topological polar surface area (TPSA) is 108 Å². The molecule has 1 saturated heterocycles. The van der Waals surface area contributed by atoms with Crippen LogP contribution >= 0.6 is 0 Å². The van der Waals surface area contributed by atoms with E-state index in [1.54, 1.807) is 17.0 Å². The molecule has 1 aliphatic heterocycles. The molecule has 0 unspecified atom stereocenters. The van der Waals surface area contributed by atoms with Gasteiger partial charge in [0.25, 0.3) is 0 Å². The van der Waals surface area contributed by atoms with Gasteiger partial charge in [-0.15, -0.1) is 0 Å². The van der Waals surface area contributed by atoms with Crippen molar-refractivity contribution < 1.29 is 38.1 Å². The molecule has 0 aliphatic carbocycles. The number of nitrogens with zero attached hydrogens (tertiary/aromatic N) is 1. The highest BCUT2D eigenvalue weighted by molar-refractivity contribution is 5.93. The van der Waals surface area contributed by atoms with E-state index in [0.29, 0.717) is 5.75 Å². The van der Waals surface area contributed by atoms with Crippen LogP contribution in [-0.4, -0.2) is 65.4 Å². The average Bonchev–Trinajstić information content (AvgIpc) is 3.01. The SMILES string of the molecule is O=C(CN1C[C@@H](O)[C@H](Oc2cccc(C(=O)O)c2)C1)Nc1ccccc1OC(F)F. The number of ether oxygens (including phenoxy) is 2. The summed E-state index contributed by atoms with van der Waals surface area (Å²) in [6, 6.07) is 11.7. The number of hydrogen-bond acceptors (Lipinski definition) is 6. The van der Waals surface area contributed by atoms with Crippen molar-refractivity contribution in [2.45, 2.75) is 18.8 Å². The first-order valence-corrected chi connectivity index (χ1v) is 9.06. The Kier molecular flexibility index (Phi) is 6.80. The maximum Gasteiger partial charge on any atom is 0.387 e. The van der Waals surface area contributed by atoms with Crippen LogP contribution in [0.25, 0.3) is 0 Å². The number of amides is 1. The number of anilines is 1. The number of para-hydroxylation sites is 2. The van der Waals surface area contributed by atoms with Gasteiger partial charge in [0, 0.05) is 13.1 Å². The average molecular weight is 422 g/mol. The largest absolute Gasteiger partial charge is 0.486 e. The van der Waals surface area contributed by atoms with Gasteiger partial charge in [0.15, 0.2) is 0 Å². The monoisotopic (exact) mass is 422 g/mol. The predicted molar refractivity (Wildman–Crippen MR) is 102 cm³/mol. The molecule has 1 amide bonds. The van der Waals surface area contributed by atoms with Crippen LogP contribution in [0.5, 0.6) is 11.5 Å². The fourth-order valence-electron chi connectivity index (χ4n) is 3.12. The zero-order valence-corrected chi connectivity index (χ0v) is 15.7. The molecule has 3 rings (SSSR count). The second-order valence-corrected chi connectivity index (χ2v) is 6.67. The molecule has 1 heterocycles. The van der Waals surface area contributed by atoms with Crippen molar-refractivity contribution in [3.05, 3.63) is 54.1 Å². The van der Waals surface area contributed by atoms with E-state index in [9.17, 15) is 23.5 Å². The lowest BCUT2D eigenvalue weighted by atomic mass is 10.2. The minimum absolute atomic E-state index is 0.0564. The van der Waals surface area contributed by atoms with E-state index in [-0.39, 0.29) is 36.6 Å². The van der Waals surface area contributed by atoms with Crippen LogP contribution in [-0.2, 0) is 4.79 Å². The Hall–Kier alpha value is -3.24. The number of nitrogens with one attached hydrogen (secondary N) is 1. The van der Waals surface area contributed by atoms with Gasteiger partial charge in [-0.25, -0.2) is 4.79 Å². The summed E-state index contributed by atoms with van der Waals surface area (Å²) < 4.78 is 35.0. The first kappa shape index (κ1) is 21.5. The van der Waals surface area contributed by atoms with Crippen LogP contribution in [0.1, 0.15) is 10.4 Å². The van der Waals surface area contributed by atoms with E-state index >= 15 is 0 Å². The Morgan fingerprint density at radius 2 is 1.93 bits per heavy atom. The molecule has 2 aromatic carbocycles. The molecule has 8 nitrogen and oxygen atoms in total. The van der Waals surface area contributed by atoms with E-state index in [4.69, 9.17) is 9.84 Å². The third kappa shape index (κ3) is 5.65. The quantitative estimate of drug-likeness (QED) is 0.598. The number of carbonyl (C=O) groups is 2. The number of aromatic carboxylic acids is 1. The van der Waals surface area contributed by atoms with Crippen LogP contribution in [0.2, 0.25) is 0 Å². The Bertz CT molecular complexity index is 910. The number of aliphatic hydroxyl groups is 1. The van der Waals surface area contributed by atoms with E-state index < -0.39 is 30.7 Å². The number of alkyl halides is 2. The first-order chi connectivity index (χ1) is 14.3. The minimum atomic E-state index is -3.02. The fraction of sp³-hybridized carbons (Fsp3) is 0.300. The van der Waals surface area contributed by atoms with Crippen LogP contribution in [0, 0.1) is 0 Å². The molecule has 1 aliphatic rings. The number of halogens is 2. The van der Waals surface area contributed by atoms with Crippen molar-refractivity contribution in [1.82, 2.24) is 4.90 Å². The smallest absolute Gasteiger partial charge is 0.387 e. The maximum absolute atomic E-state index is 12.5. The Balaban J connectivity index is 1.57. The van der Waals surface area contributed by atoms with Gasteiger partial charge in [0.1, 0.15) is 23.7 Å². The molecular formula is C20H20F2N2O6. The molecule has 0 radical (unpaired) electrons. The van der Waals surface area contributed by atoms with E-state index in [2.05, 4.69) is 10.1 Å². The molecule has 2 atom stereocenters. The second kappa shape index (κ2) is 9.51. The summed E-state index contributed by atoms with van der Waals surface area (Å²) in [4.78, 5) is 25.0. The third-order valence-corrected chi connectivity index (χ3v) is 4.43. The van der Waals surface area contributed by atoms with Gasteiger partial charge in [0.05, 0.1) is 17.8 Å². The summed E-state index contributed by atoms with van der Waals surface area (Å²) in [7, 11) is 0. The standard InChI is InChI=1S/C20H20F2N2O6/c21-20(22)30-16-7-2-1-6-14(16)23-18(26)11-24-9-15(25)17(10-24)29-13-5-3-4-12(8-13)19(27)28/h1-8,15,17,20,25H,9-11H2,(H,23,26)(H,27,28)/t15-,17-/m1/s1. The number of likely N-dealkylation sites (tertiary alicyclic amines) is 1. The van der Waals surface area contributed by atoms with Crippen molar-refractivity contribution in [3.63, 3.8) is 0 Å². The number of benzene rings is 2. The van der Waals surface area contributed by atoms with Gasteiger partial charge >= 0.3 is 12.6 Å². The highest BCUT2D eigenvalue weighted by atomic mass is 19.3. The number of rotatable bonds is 8. The third-order valence-electron chi connectivity index (χ3n) is 4.43. The number of hydrogen-bond donors (Lipinski definition) is 3. The van der Waals surface area contributed by atoms with Crippen molar-refractivity contribution in [1.29, 1.82) is 0 Å². The van der Waals surface area contributed by atoms with E-state index in [1.165, 1.54) is 36.4 Å². The van der Waals surface area contributed by atoms with Crippen molar-refractivity contribution in [3.8, 4) is 11.5 Å². The highest BCUT2D eigenvalue weighted by Crippen LogP contribution is 2.26. The zero-order valence-electron chi connectivity index (χ0n) is 15.7. The maximum atomic E-state index is 12.5. The highest BCUT2D eigenvalue weighted by Gasteiger charge is 2.34. The molecule has 0 spiro atoms. The molecule has 2 aromatic rings. The summed E-state index contributed by atoms with van der Waals surface area (Å²) in [5.41, 5.74) is 0.168. The minimum Gasteiger partial charge on any atom is -0.486 e. The number of β-amino-alcohol motifs (C(OH)–C–C–N with tert-alkyl or cyclic N) is 1. The molecule has 3 N–H and O–H groups in total. The summed E-state index contributed by atoms with van der Waals surface area (Å²) in [5, 5.41) is 21.8. The number of carboxylic acids is 1. The van der Waals surface area contributed by atoms with Crippen LogP contribution in [0.3, 0.4) is 0 Å². The summed E-state index contributed by atoms with van der Waals surface area (Å²) >= 11 is 0. The van der Waals surface area contributed by atoms with Crippen molar-refractivity contribution in [2.75, 3.05) is 25.0 Å². The van der Waals surface area contributed by atoms with Crippen LogP contribution < -0.4 is 14.8 Å². The lowest BCUT2D eigenvalue weighted by Gasteiger charge is -2.17. The Morgan fingerprint density at radius 1 is 1.17 bits per heavy atom. The van der Waals surface area contributed by atoms with Gasteiger partial charge in [-0.05, 0) is 30.3 Å². The van der Waals surface area contributed by atoms with Crippen molar-refractivity contribution in [2.24, 2.45) is 0 Å². The Morgan fingerprint density at radius 3 is 2.67 bits per heavy atom. The van der Waals surface area contributed by atoms with E-state index in [1.807, 2.05) is 0 Å². The summed E-state index contributed by atoms with van der Waals surface area (Å²) in [6.45, 7) is -2.74. The molecule has 10 heteroatoms. The number of carboxylic acid groups (broad SMARTS) is 1. The molecule has 30 heavy (non-hydrogen) atoms. The lowest BCUT2D eigenvalue weighted by Crippen LogP contribution is -2.33. The van der Waals surface area contributed by atoms with Gasteiger partial charge in [-0.2, -0.15) is 8.78 Å². The second-order valence-electron chi connectivity index (χ2n) is 6.67. The van der Waals surface area contributed by atoms with Gasteiger partial charge in [0.2, 0.25) is 5.91 Å². The molecule has 0 aromatic heterocycles. The summed E-state index contributed by atoms with van der Waals surface area (Å²) in [5.74, 6) is -1.42. The normalized spacial score (nSPS) is 18.9. The Labute approximate surface area is 170 Å². The lowest BCUT2D eigenvalue weighted by molar-refractivity contribution is -0.117. The van der Waals surface area contributed by atoms with Crippen molar-refractivity contribution >= 4 is 17.6 Å². The van der Waals surface area contributed by atoms with Gasteiger partial charge in [-0.3, -0.25) is 9.69 Å².